The molecule has 1 aromatic heterocycles. The standard InChI is InChI=1S/C11H14ClN3O2/c12-10-9(3-8(13)4-14-10)11(17)15-2-1-7(5-15)6-16/h3-4,7,16H,1-2,5-6,13H2. The van der Waals surface area contributed by atoms with Gasteiger partial charge in [-0.05, 0) is 12.5 Å². The maximum absolute atomic E-state index is 12.1. The van der Waals surface area contributed by atoms with Crippen LogP contribution < -0.4 is 5.73 Å². The van der Waals surface area contributed by atoms with Gasteiger partial charge in [0.1, 0.15) is 5.15 Å². The van der Waals surface area contributed by atoms with Gasteiger partial charge >= 0.3 is 0 Å². The first kappa shape index (κ1) is 12.1. The Kier molecular flexibility index (Phi) is 3.49. The van der Waals surface area contributed by atoms with E-state index in [2.05, 4.69) is 4.98 Å². The van der Waals surface area contributed by atoms with Crippen LogP contribution in [-0.4, -0.2) is 40.6 Å². The second-order valence-corrected chi connectivity index (χ2v) is 4.55. The summed E-state index contributed by atoms with van der Waals surface area (Å²) in [5.41, 5.74) is 6.32. The molecule has 92 valence electrons. The van der Waals surface area contributed by atoms with E-state index < -0.39 is 0 Å². The van der Waals surface area contributed by atoms with Crippen molar-refractivity contribution in [1.82, 2.24) is 9.88 Å². The number of aliphatic hydroxyl groups is 1. The molecule has 1 fully saturated rings. The van der Waals surface area contributed by atoms with Crippen molar-refractivity contribution in [1.29, 1.82) is 0 Å². The van der Waals surface area contributed by atoms with Gasteiger partial charge in [-0.15, -0.1) is 0 Å². The first-order chi connectivity index (χ1) is 8.11. The van der Waals surface area contributed by atoms with Crippen LogP contribution in [0.1, 0.15) is 16.8 Å². The third kappa shape index (κ3) is 2.50. The summed E-state index contributed by atoms with van der Waals surface area (Å²) < 4.78 is 0. The molecule has 1 unspecified atom stereocenters. The fourth-order valence-corrected chi connectivity index (χ4v) is 2.13. The van der Waals surface area contributed by atoms with Crippen molar-refractivity contribution in [3.8, 4) is 0 Å². The molecule has 3 N–H and O–H groups in total. The van der Waals surface area contributed by atoms with Crippen LogP contribution in [0.2, 0.25) is 5.15 Å². The molecule has 2 rings (SSSR count). The highest BCUT2D eigenvalue weighted by atomic mass is 35.5. The van der Waals surface area contributed by atoms with E-state index in [1.54, 1.807) is 4.90 Å². The fraction of sp³-hybridized carbons (Fsp3) is 0.455. The molecule has 1 amide bonds. The number of nitrogens with zero attached hydrogens (tertiary/aromatic N) is 2. The summed E-state index contributed by atoms with van der Waals surface area (Å²) in [4.78, 5) is 17.7. The van der Waals surface area contributed by atoms with Crippen LogP contribution in [-0.2, 0) is 0 Å². The third-order valence-corrected chi connectivity index (χ3v) is 3.22. The zero-order chi connectivity index (χ0) is 12.4. The Bertz CT molecular complexity index is 439. The van der Waals surface area contributed by atoms with Crippen molar-refractivity contribution in [2.75, 3.05) is 25.4 Å². The molecule has 2 heterocycles. The van der Waals surface area contributed by atoms with Crippen LogP contribution >= 0.6 is 11.6 Å². The van der Waals surface area contributed by atoms with Crippen molar-refractivity contribution in [3.63, 3.8) is 0 Å². The van der Waals surface area contributed by atoms with E-state index >= 15 is 0 Å². The Morgan fingerprint density at radius 2 is 2.47 bits per heavy atom. The van der Waals surface area contributed by atoms with Crippen LogP contribution in [0.25, 0.3) is 0 Å². The summed E-state index contributed by atoms with van der Waals surface area (Å²) in [5, 5.41) is 9.20. The lowest BCUT2D eigenvalue weighted by atomic mass is 10.1. The lowest BCUT2D eigenvalue weighted by molar-refractivity contribution is 0.0781. The van der Waals surface area contributed by atoms with E-state index in [1.165, 1.54) is 12.3 Å². The zero-order valence-electron chi connectivity index (χ0n) is 9.27. The van der Waals surface area contributed by atoms with Gasteiger partial charge in [-0.3, -0.25) is 4.79 Å². The second-order valence-electron chi connectivity index (χ2n) is 4.20. The molecule has 0 aromatic carbocycles. The molecule has 5 nitrogen and oxygen atoms in total. The number of amides is 1. The maximum Gasteiger partial charge on any atom is 0.257 e. The first-order valence-electron chi connectivity index (χ1n) is 5.43. The topological polar surface area (TPSA) is 79.5 Å². The number of nitrogen functional groups attached to an aromatic ring is 1. The van der Waals surface area contributed by atoms with Gasteiger partial charge < -0.3 is 15.7 Å². The van der Waals surface area contributed by atoms with Gasteiger partial charge in [0.15, 0.2) is 0 Å². The largest absolute Gasteiger partial charge is 0.397 e. The van der Waals surface area contributed by atoms with Crippen LogP contribution in [0.15, 0.2) is 12.3 Å². The number of nitrogens with two attached hydrogens (primary N) is 1. The number of rotatable bonds is 2. The van der Waals surface area contributed by atoms with Crippen molar-refractivity contribution in [2.24, 2.45) is 5.92 Å². The van der Waals surface area contributed by atoms with E-state index in [0.717, 1.165) is 6.42 Å². The summed E-state index contributed by atoms with van der Waals surface area (Å²) in [6.45, 7) is 1.29. The van der Waals surface area contributed by atoms with Gasteiger partial charge in [-0.2, -0.15) is 0 Å². The number of hydrogen-bond acceptors (Lipinski definition) is 4. The normalized spacial score (nSPS) is 19.6. The number of aromatic nitrogens is 1. The van der Waals surface area contributed by atoms with Crippen LogP contribution in [0.3, 0.4) is 0 Å². The predicted octanol–water partition coefficient (Wildman–Crippen LogP) is 0.772. The SMILES string of the molecule is Nc1cnc(Cl)c(C(=O)N2CCC(CO)C2)c1. The monoisotopic (exact) mass is 255 g/mol. The van der Waals surface area contributed by atoms with Gasteiger partial charge in [0.25, 0.3) is 5.91 Å². The minimum Gasteiger partial charge on any atom is -0.397 e. The Hall–Kier alpha value is -1.33. The molecular weight excluding hydrogens is 242 g/mol. The first-order valence-corrected chi connectivity index (χ1v) is 5.80. The molecule has 1 aliphatic rings. The number of likely N-dealkylation sites (tertiary alicyclic amines) is 1. The van der Waals surface area contributed by atoms with Crippen LogP contribution in [0.4, 0.5) is 5.69 Å². The number of halogens is 1. The second kappa shape index (κ2) is 4.89. The molecule has 1 atom stereocenters. The fourth-order valence-electron chi connectivity index (χ4n) is 1.95. The molecule has 1 aliphatic heterocycles. The Morgan fingerprint density at radius 3 is 3.12 bits per heavy atom. The minimum absolute atomic E-state index is 0.104. The highest BCUT2D eigenvalue weighted by Gasteiger charge is 2.27. The molecule has 17 heavy (non-hydrogen) atoms. The number of carbonyl (C=O) groups is 1. The number of pyridine rings is 1. The maximum atomic E-state index is 12.1. The highest BCUT2D eigenvalue weighted by molar-refractivity contribution is 6.32. The molecule has 1 aromatic rings. The highest BCUT2D eigenvalue weighted by Crippen LogP contribution is 2.22. The van der Waals surface area contributed by atoms with E-state index in [1.807, 2.05) is 0 Å². The number of carbonyl (C=O) groups excluding carboxylic acids is 1. The summed E-state index contributed by atoms with van der Waals surface area (Å²) in [7, 11) is 0. The Morgan fingerprint density at radius 1 is 1.71 bits per heavy atom. The Labute approximate surface area is 104 Å². The molecule has 0 bridgehead atoms. The van der Waals surface area contributed by atoms with Crippen molar-refractivity contribution >= 4 is 23.2 Å². The Balaban J connectivity index is 2.17. The van der Waals surface area contributed by atoms with Crippen LogP contribution in [0, 0.1) is 5.92 Å². The summed E-state index contributed by atoms with van der Waals surface area (Å²) >= 11 is 5.88. The van der Waals surface area contributed by atoms with Gasteiger partial charge in [0, 0.05) is 25.6 Å². The van der Waals surface area contributed by atoms with Crippen molar-refractivity contribution in [2.45, 2.75) is 6.42 Å². The molecule has 0 spiro atoms. The average Bonchev–Trinajstić information content (AvgIpc) is 2.80. The third-order valence-electron chi connectivity index (χ3n) is 2.92. The summed E-state index contributed by atoms with van der Waals surface area (Å²) in [6.07, 6.45) is 2.23. The lowest BCUT2D eigenvalue weighted by Gasteiger charge is -2.16. The minimum atomic E-state index is -0.175. The quantitative estimate of drug-likeness (QED) is 0.765. The molecular formula is C11H14ClN3O2. The average molecular weight is 256 g/mol. The molecule has 0 radical (unpaired) electrons. The number of hydrogen-bond donors (Lipinski definition) is 2. The van der Waals surface area contributed by atoms with E-state index in [0.29, 0.717) is 24.3 Å². The van der Waals surface area contributed by atoms with E-state index in [-0.39, 0.29) is 23.6 Å². The molecule has 0 aliphatic carbocycles. The van der Waals surface area contributed by atoms with Crippen LogP contribution in [0.5, 0.6) is 0 Å². The molecule has 1 saturated heterocycles. The number of anilines is 1. The molecule has 0 saturated carbocycles. The van der Waals surface area contributed by atoms with Gasteiger partial charge in [0.2, 0.25) is 0 Å². The van der Waals surface area contributed by atoms with Gasteiger partial charge in [-0.1, -0.05) is 11.6 Å². The van der Waals surface area contributed by atoms with Crippen molar-refractivity contribution < 1.29 is 9.90 Å². The van der Waals surface area contributed by atoms with Gasteiger partial charge in [-0.25, -0.2) is 4.98 Å². The number of aliphatic hydroxyl groups excluding tert-OH is 1. The predicted molar refractivity (Wildman–Crippen MR) is 64.8 cm³/mol. The summed E-state index contributed by atoms with van der Waals surface area (Å²) in [6, 6.07) is 1.53. The smallest absolute Gasteiger partial charge is 0.257 e. The lowest BCUT2D eigenvalue weighted by Crippen LogP contribution is -2.29. The van der Waals surface area contributed by atoms with E-state index in [9.17, 15) is 4.79 Å². The van der Waals surface area contributed by atoms with Crippen molar-refractivity contribution in [3.05, 3.63) is 23.0 Å². The van der Waals surface area contributed by atoms with E-state index in [4.69, 9.17) is 22.4 Å². The van der Waals surface area contributed by atoms with Gasteiger partial charge in [0.05, 0.1) is 17.4 Å². The zero-order valence-corrected chi connectivity index (χ0v) is 10.0. The summed E-state index contributed by atoms with van der Waals surface area (Å²) in [5.74, 6) is -0.0162. The molecule has 6 heteroatoms.